The first-order chi connectivity index (χ1) is 12.0. The van der Waals surface area contributed by atoms with Gasteiger partial charge in [-0.15, -0.1) is 0 Å². The van der Waals surface area contributed by atoms with Gasteiger partial charge in [-0.25, -0.2) is 4.68 Å². The summed E-state index contributed by atoms with van der Waals surface area (Å²) < 4.78 is 2.13. The largest absolute Gasteiger partial charge is 0.324 e. The molecule has 5 nitrogen and oxygen atoms in total. The molecular formula is C19H16BrN3O2. The van der Waals surface area contributed by atoms with Gasteiger partial charge in [0.05, 0.1) is 5.69 Å². The lowest BCUT2D eigenvalue weighted by Gasteiger charge is -2.10. The normalized spacial score (nSPS) is 10.5. The molecule has 0 unspecified atom stereocenters. The monoisotopic (exact) mass is 397 g/mol. The van der Waals surface area contributed by atoms with Crippen molar-refractivity contribution in [3.63, 3.8) is 0 Å². The number of nitrogens with one attached hydrogen (secondary N) is 1. The van der Waals surface area contributed by atoms with Crippen molar-refractivity contribution < 1.29 is 4.79 Å². The first kappa shape index (κ1) is 17.1. The molecule has 126 valence electrons. The Morgan fingerprint density at radius 3 is 2.48 bits per heavy atom. The third-order valence-corrected chi connectivity index (χ3v) is 4.17. The third kappa shape index (κ3) is 4.22. The van der Waals surface area contributed by atoms with Gasteiger partial charge in [0, 0.05) is 21.3 Å². The fraction of sp³-hybridized carbons (Fsp3) is 0.105. The summed E-state index contributed by atoms with van der Waals surface area (Å²) in [6.07, 6.45) is 0. The molecule has 0 aliphatic rings. The van der Waals surface area contributed by atoms with E-state index in [4.69, 9.17) is 0 Å². The average Bonchev–Trinajstić information content (AvgIpc) is 2.61. The molecule has 0 aliphatic carbocycles. The van der Waals surface area contributed by atoms with Gasteiger partial charge >= 0.3 is 0 Å². The number of benzene rings is 2. The Hall–Kier alpha value is -2.73. The Balaban J connectivity index is 1.84. The first-order valence-electron chi connectivity index (χ1n) is 7.72. The van der Waals surface area contributed by atoms with E-state index in [0.29, 0.717) is 16.9 Å². The van der Waals surface area contributed by atoms with E-state index < -0.39 is 0 Å². The predicted molar refractivity (Wildman–Crippen MR) is 101 cm³/mol. The van der Waals surface area contributed by atoms with E-state index >= 15 is 0 Å². The van der Waals surface area contributed by atoms with Crippen molar-refractivity contribution in [3.8, 4) is 11.3 Å². The van der Waals surface area contributed by atoms with Gasteiger partial charge in [-0.05, 0) is 37.3 Å². The highest BCUT2D eigenvalue weighted by molar-refractivity contribution is 9.10. The van der Waals surface area contributed by atoms with Gasteiger partial charge in [-0.1, -0.05) is 46.3 Å². The molecule has 2 aromatic carbocycles. The maximum atomic E-state index is 12.3. The van der Waals surface area contributed by atoms with Gasteiger partial charge < -0.3 is 5.32 Å². The summed E-state index contributed by atoms with van der Waals surface area (Å²) in [6.45, 7) is 1.58. The van der Waals surface area contributed by atoms with Gasteiger partial charge in [0.1, 0.15) is 6.54 Å². The lowest BCUT2D eigenvalue weighted by Crippen LogP contribution is -2.31. The molecule has 3 rings (SSSR count). The zero-order chi connectivity index (χ0) is 17.8. The molecule has 1 N–H and O–H groups in total. The van der Waals surface area contributed by atoms with E-state index in [1.807, 2.05) is 42.5 Å². The third-order valence-electron chi connectivity index (χ3n) is 3.64. The van der Waals surface area contributed by atoms with E-state index in [1.54, 1.807) is 25.1 Å². The van der Waals surface area contributed by atoms with Crippen LogP contribution in [0.25, 0.3) is 11.3 Å². The molecule has 0 radical (unpaired) electrons. The van der Waals surface area contributed by atoms with Gasteiger partial charge in [-0.3, -0.25) is 9.59 Å². The number of anilines is 1. The second kappa shape index (κ2) is 7.44. The van der Waals surface area contributed by atoms with E-state index in [0.717, 1.165) is 10.0 Å². The lowest BCUT2D eigenvalue weighted by atomic mass is 10.1. The maximum absolute atomic E-state index is 12.3. The van der Waals surface area contributed by atoms with Crippen molar-refractivity contribution in [1.29, 1.82) is 0 Å². The summed E-state index contributed by atoms with van der Waals surface area (Å²) in [7, 11) is 0. The van der Waals surface area contributed by atoms with Crippen LogP contribution in [0.15, 0.2) is 69.9 Å². The molecule has 1 amide bonds. The Morgan fingerprint density at radius 1 is 1.12 bits per heavy atom. The standard InChI is InChI=1S/C19H16BrN3O2/c1-13-11-17(14-5-3-2-4-6-14)22-23(19(13)25)12-18(24)21-16-9-7-15(20)8-10-16/h2-11H,12H2,1H3,(H,21,24). The number of hydrogen-bond donors (Lipinski definition) is 1. The number of aromatic nitrogens is 2. The van der Waals surface area contributed by atoms with E-state index in [1.165, 1.54) is 4.68 Å². The van der Waals surface area contributed by atoms with Crippen molar-refractivity contribution in [2.75, 3.05) is 5.32 Å². The van der Waals surface area contributed by atoms with Crippen LogP contribution in [0.1, 0.15) is 5.56 Å². The van der Waals surface area contributed by atoms with Crippen LogP contribution in [0, 0.1) is 6.92 Å². The van der Waals surface area contributed by atoms with E-state index in [9.17, 15) is 9.59 Å². The van der Waals surface area contributed by atoms with Crippen LogP contribution in [0.4, 0.5) is 5.69 Å². The van der Waals surface area contributed by atoms with Crippen LogP contribution in [0.3, 0.4) is 0 Å². The SMILES string of the molecule is Cc1cc(-c2ccccc2)nn(CC(=O)Nc2ccc(Br)cc2)c1=O. The number of carbonyl (C=O) groups excluding carboxylic acids is 1. The highest BCUT2D eigenvalue weighted by Crippen LogP contribution is 2.16. The molecule has 6 heteroatoms. The number of hydrogen-bond acceptors (Lipinski definition) is 3. The summed E-state index contributed by atoms with van der Waals surface area (Å²) in [5, 5.41) is 7.10. The number of carbonyl (C=O) groups is 1. The summed E-state index contributed by atoms with van der Waals surface area (Å²) in [6, 6.07) is 18.5. The topological polar surface area (TPSA) is 64.0 Å². The number of aryl methyl sites for hydroxylation is 1. The molecular weight excluding hydrogens is 382 g/mol. The maximum Gasteiger partial charge on any atom is 0.270 e. The number of amides is 1. The van der Waals surface area contributed by atoms with Gasteiger partial charge in [-0.2, -0.15) is 5.10 Å². The van der Waals surface area contributed by atoms with E-state index in [2.05, 4.69) is 26.3 Å². The molecule has 0 fully saturated rings. The van der Waals surface area contributed by atoms with Crippen molar-refractivity contribution in [2.24, 2.45) is 0 Å². The minimum Gasteiger partial charge on any atom is -0.324 e. The Morgan fingerprint density at radius 2 is 1.80 bits per heavy atom. The van der Waals surface area contributed by atoms with Crippen molar-refractivity contribution in [2.45, 2.75) is 13.5 Å². The summed E-state index contributed by atoms with van der Waals surface area (Å²) in [4.78, 5) is 24.6. The molecule has 3 aromatic rings. The molecule has 25 heavy (non-hydrogen) atoms. The smallest absolute Gasteiger partial charge is 0.270 e. The fourth-order valence-electron chi connectivity index (χ4n) is 2.40. The Kier molecular flexibility index (Phi) is 5.09. The van der Waals surface area contributed by atoms with Gasteiger partial charge in [0.25, 0.3) is 5.56 Å². The molecule has 1 aromatic heterocycles. The molecule has 0 bridgehead atoms. The average molecular weight is 398 g/mol. The van der Waals surface area contributed by atoms with Crippen LogP contribution in [0.5, 0.6) is 0 Å². The number of rotatable bonds is 4. The van der Waals surface area contributed by atoms with Gasteiger partial charge in [0.15, 0.2) is 0 Å². The molecule has 0 aliphatic heterocycles. The minimum atomic E-state index is -0.304. The highest BCUT2D eigenvalue weighted by atomic mass is 79.9. The van der Waals surface area contributed by atoms with E-state index in [-0.39, 0.29) is 18.0 Å². The zero-order valence-electron chi connectivity index (χ0n) is 13.6. The highest BCUT2D eigenvalue weighted by Gasteiger charge is 2.11. The predicted octanol–water partition coefficient (Wildman–Crippen LogP) is 3.62. The number of nitrogens with zero attached hydrogens (tertiary/aromatic N) is 2. The molecule has 0 atom stereocenters. The first-order valence-corrected chi connectivity index (χ1v) is 8.52. The summed E-state index contributed by atoms with van der Waals surface area (Å²) in [5.41, 5.74) is 2.50. The Bertz CT molecular complexity index is 951. The zero-order valence-corrected chi connectivity index (χ0v) is 15.2. The minimum absolute atomic E-state index is 0.142. The van der Waals surface area contributed by atoms with Crippen molar-refractivity contribution in [1.82, 2.24) is 9.78 Å². The molecule has 0 saturated carbocycles. The molecule has 0 saturated heterocycles. The second-order valence-corrected chi connectivity index (χ2v) is 6.51. The second-order valence-electron chi connectivity index (χ2n) is 5.60. The van der Waals surface area contributed by atoms with Crippen LogP contribution in [-0.2, 0) is 11.3 Å². The quantitative estimate of drug-likeness (QED) is 0.730. The Labute approximate surface area is 153 Å². The van der Waals surface area contributed by atoms with Crippen LogP contribution in [-0.4, -0.2) is 15.7 Å². The lowest BCUT2D eigenvalue weighted by molar-refractivity contribution is -0.117. The number of halogens is 1. The fourth-order valence-corrected chi connectivity index (χ4v) is 2.67. The summed E-state index contributed by atoms with van der Waals surface area (Å²) >= 11 is 3.34. The van der Waals surface area contributed by atoms with Crippen molar-refractivity contribution >= 4 is 27.5 Å². The molecule has 0 spiro atoms. The van der Waals surface area contributed by atoms with Crippen LogP contribution in [0.2, 0.25) is 0 Å². The van der Waals surface area contributed by atoms with Gasteiger partial charge in [0.2, 0.25) is 5.91 Å². The van der Waals surface area contributed by atoms with Crippen LogP contribution < -0.4 is 10.9 Å². The van der Waals surface area contributed by atoms with Crippen LogP contribution >= 0.6 is 15.9 Å². The molecule has 1 heterocycles. The summed E-state index contributed by atoms with van der Waals surface area (Å²) in [5.74, 6) is -0.304. The van der Waals surface area contributed by atoms with Crippen molar-refractivity contribution in [3.05, 3.63) is 81.1 Å².